The number of nitrogens with zero attached hydrogens (tertiary/aromatic N) is 2. The molecule has 1 aliphatic heterocycles. The van der Waals surface area contributed by atoms with Gasteiger partial charge in [-0.2, -0.15) is 0 Å². The zero-order chi connectivity index (χ0) is 12.3. The molecule has 0 radical (unpaired) electrons. The molecule has 1 aromatic rings. The van der Waals surface area contributed by atoms with E-state index in [0.29, 0.717) is 22.9 Å². The summed E-state index contributed by atoms with van der Waals surface area (Å²) in [5, 5.41) is 9.48. The van der Waals surface area contributed by atoms with E-state index in [-0.39, 0.29) is 15.8 Å². The van der Waals surface area contributed by atoms with Gasteiger partial charge < -0.3 is 0 Å². The minimum absolute atomic E-state index is 0.314. The van der Waals surface area contributed by atoms with E-state index in [1.54, 1.807) is 6.20 Å². The molecular formula is C11H14AsClN2O2. The summed E-state index contributed by atoms with van der Waals surface area (Å²) in [4.78, 5) is 16.4. The Hall–Kier alpha value is -0.732. The zero-order valence-corrected chi connectivity index (χ0v) is 12.1. The summed E-state index contributed by atoms with van der Waals surface area (Å²) in [7, 11) is 0. The summed E-state index contributed by atoms with van der Waals surface area (Å²) >= 11 is 5.72. The molecule has 1 amide bonds. The van der Waals surface area contributed by atoms with Gasteiger partial charge >= 0.3 is 112 Å². The summed E-state index contributed by atoms with van der Waals surface area (Å²) in [6.07, 6.45) is 2.81. The Balaban J connectivity index is 1.90. The molecule has 0 bridgehead atoms. The first-order valence-electron chi connectivity index (χ1n) is 5.52. The van der Waals surface area contributed by atoms with Crippen molar-refractivity contribution >= 4 is 37.8 Å². The second kappa shape index (κ2) is 5.74. The van der Waals surface area contributed by atoms with Crippen molar-refractivity contribution in [1.29, 1.82) is 0 Å². The van der Waals surface area contributed by atoms with Crippen molar-refractivity contribution in [3.8, 4) is 0 Å². The van der Waals surface area contributed by atoms with Crippen molar-refractivity contribution in [2.75, 3.05) is 13.1 Å². The number of hydrogen-bond donors (Lipinski definition) is 1. The number of carbonyl (C=O) groups is 1. The zero-order valence-electron chi connectivity index (χ0n) is 9.27. The van der Waals surface area contributed by atoms with Gasteiger partial charge in [0.1, 0.15) is 0 Å². The van der Waals surface area contributed by atoms with Gasteiger partial charge in [0.15, 0.2) is 0 Å². The molecule has 92 valence electrons. The fraction of sp³-hybridized carbons (Fsp3) is 0.455. The number of carboxylic acid groups (broad SMARTS) is 1. The van der Waals surface area contributed by atoms with E-state index < -0.39 is 6.09 Å². The number of halogens is 1. The van der Waals surface area contributed by atoms with Crippen LogP contribution in [0.2, 0.25) is 9.86 Å². The Morgan fingerprint density at radius 3 is 2.82 bits per heavy atom. The van der Waals surface area contributed by atoms with Gasteiger partial charge in [0.05, 0.1) is 0 Å². The minimum atomic E-state index is -0.803. The van der Waals surface area contributed by atoms with E-state index in [2.05, 4.69) is 4.98 Å². The van der Waals surface area contributed by atoms with E-state index in [9.17, 15) is 4.79 Å². The predicted molar refractivity (Wildman–Crippen MR) is 68.6 cm³/mol. The van der Waals surface area contributed by atoms with Crippen LogP contribution in [-0.2, 0) is 0 Å². The van der Waals surface area contributed by atoms with E-state index in [0.717, 1.165) is 12.8 Å². The molecule has 0 aromatic carbocycles. The van der Waals surface area contributed by atoms with Crippen molar-refractivity contribution in [2.24, 2.45) is 0 Å². The van der Waals surface area contributed by atoms with Crippen LogP contribution in [0.4, 0.5) is 4.79 Å². The maximum absolute atomic E-state index is 10.8. The number of amides is 1. The molecule has 1 N–H and O–H groups in total. The summed E-state index contributed by atoms with van der Waals surface area (Å²) in [5.74, 6) is 0. The van der Waals surface area contributed by atoms with Crippen molar-refractivity contribution in [3.63, 3.8) is 0 Å². The fourth-order valence-electron chi connectivity index (χ4n) is 1.93. The average molecular weight is 317 g/mol. The van der Waals surface area contributed by atoms with Crippen LogP contribution in [0.15, 0.2) is 18.3 Å². The number of likely N-dealkylation sites (tertiary alicyclic amines) is 1. The van der Waals surface area contributed by atoms with Crippen molar-refractivity contribution in [3.05, 3.63) is 23.5 Å². The number of pyridine rings is 1. The van der Waals surface area contributed by atoms with E-state index in [1.807, 2.05) is 12.1 Å². The molecule has 4 nitrogen and oxygen atoms in total. The van der Waals surface area contributed by atoms with E-state index >= 15 is 0 Å². The third kappa shape index (κ3) is 3.36. The molecule has 6 heteroatoms. The molecule has 2 rings (SSSR count). The molecule has 1 atom stereocenters. The van der Waals surface area contributed by atoms with Crippen LogP contribution in [0, 0.1) is 0 Å². The Morgan fingerprint density at radius 2 is 2.24 bits per heavy atom. The molecule has 1 unspecified atom stereocenters. The monoisotopic (exact) mass is 316 g/mol. The third-order valence-electron chi connectivity index (χ3n) is 2.88. The van der Waals surface area contributed by atoms with Gasteiger partial charge in [-0.15, -0.1) is 0 Å². The molecule has 0 aliphatic carbocycles. The van der Waals surface area contributed by atoms with Crippen LogP contribution in [0.3, 0.4) is 0 Å². The molecule has 2 heterocycles. The van der Waals surface area contributed by atoms with Crippen molar-refractivity contribution < 1.29 is 9.90 Å². The summed E-state index contributed by atoms with van der Waals surface area (Å²) in [6.45, 7) is 1.31. The Labute approximate surface area is 112 Å². The fourth-order valence-corrected chi connectivity index (χ4v) is 5.19. The van der Waals surface area contributed by atoms with Crippen molar-refractivity contribution in [1.82, 2.24) is 9.88 Å². The number of piperidine rings is 1. The standard InChI is InChI=1S/C11H14AsClN2O2/c13-10-9(2-1-5-14-10)12-8-3-6-15(7-4-8)11(16)17/h1-2,5,8,12H,3-4,6-7H2,(H,16,17). The first-order chi connectivity index (χ1) is 8.16. The SMILES string of the molecule is O=C(O)N1CCC([AsH]c2cccnc2Cl)CC1. The van der Waals surface area contributed by atoms with E-state index in [1.165, 1.54) is 9.25 Å². The number of rotatable bonds is 2. The Bertz CT molecular complexity index is 408. The molecule has 1 aromatic heterocycles. The van der Waals surface area contributed by atoms with Crippen molar-refractivity contribution in [2.45, 2.75) is 17.5 Å². The van der Waals surface area contributed by atoms with Gasteiger partial charge in [0, 0.05) is 0 Å². The number of hydrogen-bond acceptors (Lipinski definition) is 2. The van der Waals surface area contributed by atoms with Gasteiger partial charge in [-0.1, -0.05) is 0 Å². The van der Waals surface area contributed by atoms with Gasteiger partial charge in [0.2, 0.25) is 0 Å². The Morgan fingerprint density at radius 1 is 1.53 bits per heavy atom. The molecule has 1 saturated heterocycles. The summed E-state index contributed by atoms with van der Waals surface area (Å²) < 4.78 is 1.82. The van der Waals surface area contributed by atoms with Crippen LogP contribution >= 0.6 is 11.6 Å². The van der Waals surface area contributed by atoms with Crippen LogP contribution < -0.4 is 4.35 Å². The maximum atomic E-state index is 10.8. The normalized spacial score (nSPS) is 17.8. The summed E-state index contributed by atoms with van der Waals surface area (Å²) in [6, 6.07) is 3.95. The number of aromatic nitrogens is 1. The average Bonchev–Trinajstić information content (AvgIpc) is 2.33. The first kappa shape index (κ1) is 12.7. The third-order valence-corrected chi connectivity index (χ3v) is 7.08. The molecule has 0 spiro atoms. The van der Waals surface area contributed by atoms with Crippen LogP contribution in [0.1, 0.15) is 12.8 Å². The topological polar surface area (TPSA) is 53.4 Å². The van der Waals surface area contributed by atoms with Crippen LogP contribution in [0.25, 0.3) is 0 Å². The second-order valence-electron chi connectivity index (χ2n) is 4.03. The van der Waals surface area contributed by atoms with Gasteiger partial charge in [-0.05, 0) is 0 Å². The van der Waals surface area contributed by atoms with Gasteiger partial charge in [-0.3, -0.25) is 0 Å². The van der Waals surface area contributed by atoms with E-state index in [4.69, 9.17) is 16.7 Å². The Kier molecular flexibility index (Phi) is 4.30. The second-order valence-corrected chi connectivity index (χ2v) is 7.84. The van der Waals surface area contributed by atoms with Crippen LogP contribution in [0.5, 0.6) is 0 Å². The quantitative estimate of drug-likeness (QED) is 0.662. The molecule has 1 fully saturated rings. The predicted octanol–water partition coefficient (Wildman–Crippen LogP) is 1.36. The molecular weight excluding hydrogens is 303 g/mol. The van der Waals surface area contributed by atoms with Gasteiger partial charge in [-0.25, -0.2) is 0 Å². The van der Waals surface area contributed by atoms with Gasteiger partial charge in [0.25, 0.3) is 0 Å². The van der Waals surface area contributed by atoms with Crippen LogP contribution in [-0.4, -0.2) is 49.9 Å². The molecule has 0 saturated carbocycles. The molecule has 17 heavy (non-hydrogen) atoms. The summed E-state index contributed by atoms with van der Waals surface area (Å²) in [5.41, 5.74) is 0. The first-order valence-corrected chi connectivity index (χ1v) is 8.15. The molecule has 1 aliphatic rings.